The van der Waals surface area contributed by atoms with Crippen LogP contribution < -0.4 is 58.5 Å². The molecule has 0 bridgehead atoms. The molecule has 8 aromatic rings. The number of carbonyl (C=O) groups is 7. The summed E-state index contributed by atoms with van der Waals surface area (Å²) < 4.78 is 63.9. The molecule has 552 valence electrons. The molecule has 0 saturated carbocycles. The van der Waals surface area contributed by atoms with Crippen LogP contribution in [0.1, 0.15) is 160 Å². The summed E-state index contributed by atoms with van der Waals surface area (Å²) >= 11 is 0. The molecule has 8 rings (SSSR count). The number of halogens is 3. The van der Waals surface area contributed by atoms with E-state index in [0.717, 1.165) is 24.8 Å². The molecule has 0 aliphatic carbocycles. The zero-order chi connectivity index (χ0) is 77.4. The molecule has 0 spiro atoms. The van der Waals surface area contributed by atoms with Gasteiger partial charge in [0.05, 0.1) is 27.4 Å². The number of hydrogen-bond acceptors (Lipinski definition) is 19. The smallest absolute Gasteiger partial charge is 0.408 e. The van der Waals surface area contributed by atoms with Gasteiger partial charge in [-0.1, -0.05) is 97.1 Å². The van der Waals surface area contributed by atoms with Gasteiger partial charge in [0.2, 0.25) is 17.2 Å². The maximum Gasteiger partial charge on any atom is 0.408 e. The quantitative estimate of drug-likeness (QED) is 0.0351. The lowest BCUT2D eigenvalue weighted by Crippen LogP contribution is -2.46. The van der Waals surface area contributed by atoms with Crippen molar-refractivity contribution in [2.75, 3.05) is 0 Å². The number of nitrogens with zero attached hydrogens (tertiary/aromatic N) is 6. The maximum absolute atomic E-state index is 13.4. The van der Waals surface area contributed by atoms with Crippen LogP contribution in [-0.2, 0) is 89.7 Å². The number of aromatic hydroxyl groups is 1. The molecular weight excluding hydrogens is 1350 g/mol. The predicted molar refractivity (Wildman–Crippen MR) is 376 cm³/mol. The van der Waals surface area contributed by atoms with E-state index in [4.69, 9.17) is 24.7 Å². The van der Waals surface area contributed by atoms with Crippen molar-refractivity contribution < 1.29 is 70.8 Å². The molecule has 0 fully saturated rings. The number of nitrogens with two attached hydrogens (primary N) is 1. The molecule has 5 amide bonds. The highest BCUT2D eigenvalue weighted by Gasteiger charge is 2.37. The summed E-state index contributed by atoms with van der Waals surface area (Å²) in [5.41, 5.74) is 0.441. The third kappa shape index (κ3) is 22.3. The Hall–Kier alpha value is -11.8. The van der Waals surface area contributed by atoms with Crippen LogP contribution in [0, 0.1) is 28.3 Å². The minimum Gasteiger partial charge on any atom is -0.501 e. The van der Waals surface area contributed by atoms with Crippen molar-refractivity contribution in [2.24, 2.45) is 37.7 Å². The summed E-state index contributed by atoms with van der Waals surface area (Å²) in [6, 6.07) is 34.7. The lowest BCUT2D eigenvalue weighted by atomic mass is 9.97. The van der Waals surface area contributed by atoms with Crippen molar-refractivity contribution in [3.8, 4) is 17.2 Å². The number of hydrogen-bond donors (Lipinski definition) is 7. The fraction of sp³-hybridized carbons (Fsp3) is 0.338. The Morgan fingerprint density at radius 3 is 1.03 bits per heavy atom. The zero-order valence-corrected chi connectivity index (χ0v) is 60.3. The Bertz CT molecular complexity index is 4620. The SMILES string of the molecule is Cn1c(C(C)(C)N)nc(C(=O)NCc2ccc(F)cc2)c(OC(=O)C(C)(C)C)c1=O.Cn1c(C(C)(C)NC(=O)OCc2ccccc2)nc(C(=O)NCc2ccc(F)cc2)c(O)c1=O.Cn1c(C(C)(C)NC(=O)OCc2ccccc2)nc(C(=O)NCc2ccc(F)cc2)c(OC(=O)C(C)(C)C)c1=O. The molecule has 30 heteroatoms. The molecule has 3 heterocycles. The summed E-state index contributed by atoms with van der Waals surface area (Å²) in [4.78, 5) is 140. The average molecular weight is 1440 g/mol. The van der Waals surface area contributed by atoms with Crippen molar-refractivity contribution in [2.45, 2.75) is 133 Å². The normalized spacial score (nSPS) is 11.5. The number of esters is 2. The fourth-order valence-electron chi connectivity index (χ4n) is 9.33. The van der Waals surface area contributed by atoms with E-state index in [1.54, 1.807) is 107 Å². The molecule has 0 unspecified atom stereocenters. The third-order valence-electron chi connectivity index (χ3n) is 15.1. The number of ether oxygens (including phenoxy) is 4. The van der Waals surface area contributed by atoms with E-state index in [1.807, 2.05) is 36.4 Å². The van der Waals surface area contributed by atoms with Gasteiger partial charge in [0, 0.05) is 40.8 Å². The van der Waals surface area contributed by atoms with Crippen molar-refractivity contribution in [1.82, 2.24) is 55.2 Å². The second kappa shape index (κ2) is 34.2. The topological polar surface area (TPSA) is 367 Å². The van der Waals surface area contributed by atoms with Gasteiger partial charge in [-0.05, 0) is 147 Å². The summed E-state index contributed by atoms with van der Waals surface area (Å²) in [6.45, 7) is 19.4. The fourth-order valence-corrected chi connectivity index (χ4v) is 9.33. The third-order valence-corrected chi connectivity index (χ3v) is 15.1. The second-order valence-electron chi connectivity index (χ2n) is 27.5. The summed E-state index contributed by atoms with van der Waals surface area (Å²) in [6.07, 6.45) is -1.52. The number of carbonyl (C=O) groups excluding carboxylic acids is 7. The predicted octanol–water partition coefficient (Wildman–Crippen LogP) is 8.67. The molecule has 8 N–H and O–H groups in total. The number of benzene rings is 5. The highest BCUT2D eigenvalue weighted by molar-refractivity contribution is 5.97. The molecule has 0 aliphatic rings. The minimum atomic E-state index is -1.29. The van der Waals surface area contributed by atoms with Crippen LogP contribution in [-0.4, -0.2) is 75.6 Å². The van der Waals surface area contributed by atoms with E-state index >= 15 is 0 Å². The second-order valence-corrected chi connectivity index (χ2v) is 27.5. The van der Waals surface area contributed by atoms with E-state index in [0.29, 0.717) is 16.7 Å². The van der Waals surface area contributed by atoms with Crippen molar-refractivity contribution >= 4 is 41.8 Å². The van der Waals surface area contributed by atoms with Crippen LogP contribution in [0.15, 0.2) is 148 Å². The van der Waals surface area contributed by atoms with Gasteiger partial charge in [-0.2, -0.15) is 0 Å². The monoisotopic (exact) mass is 1440 g/mol. The zero-order valence-electron chi connectivity index (χ0n) is 60.3. The van der Waals surface area contributed by atoms with Gasteiger partial charge in [0.25, 0.3) is 34.4 Å². The molecule has 0 atom stereocenters. The van der Waals surface area contributed by atoms with Gasteiger partial charge < -0.3 is 56.4 Å². The number of nitrogens with one attached hydrogen (secondary N) is 5. The first-order valence-electron chi connectivity index (χ1n) is 32.3. The van der Waals surface area contributed by atoms with Gasteiger partial charge in [-0.3, -0.25) is 52.1 Å². The van der Waals surface area contributed by atoms with Crippen molar-refractivity contribution in [3.63, 3.8) is 0 Å². The van der Waals surface area contributed by atoms with Crippen LogP contribution in [0.4, 0.5) is 22.8 Å². The molecule has 0 radical (unpaired) electrons. The van der Waals surface area contributed by atoms with Crippen LogP contribution in [0.25, 0.3) is 0 Å². The van der Waals surface area contributed by atoms with Gasteiger partial charge in [0.15, 0.2) is 17.1 Å². The van der Waals surface area contributed by atoms with Gasteiger partial charge in [0.1, 0.15) is 48.1 Å². The first-order valence-corrected chi connectivity index (χ1v) is 32.3. The lowest BCUT2D eigenvalue weighted by molar-refractivity contribution is -0.143. The van der Waals surface area contributed by atoms with Crippen LogP contribution in [0.2, 0.25) is 0 Å². The van der Waals surface area contributed by atoms with Crippen LogP contribution >= 0.6 is 0 Å². The first-order chi connectivity index (χ1) is 48.5. The van der Waals surface area contributed by atoms with Gasteiger partial charge in [-0.15, -0.1) is 0 Å². The lowest BCUT2D eigenvalue weighted by Gasteiger charge is -2.28. The molecule has 5 aromatic carbocycles. The standard InChI is InChI=1S/C29H33FN4O6.C24H25FN4O5.C21H27FN4O4/c1-28(2,3)26(37)40-22-21(23(35)31-16-18-12-14-20(30)15-13-18)32-25(34(6)24(22)36)29(4,5)33-27(38)39-17-19-10-8-7-9-11-19;1-24(2,28-23(33)34-14-16-7-5-4-6-8-16)22-27-18(19(30)21(32)29(22)3)20(31)26-13-15-9-11-17(25)12-10-15;1-20(2,3)19(29)30-15-14(25-18(21(4,5)23)26(6)17(15)28)16(27)24-11-12-7-9-13(22)10-8-12/h7-15H,16-17H2,1-6H3,(H,31,35)(H,33,38);4-12,30H,13-14H2,1-3H3,(H,26,31)(H,28,33);7-10H,11,23H2,1-6H3,(H,24,27). The van der Waals surface area contributed by atoms with Gasteiger partial charge >= 0.3 is 24.1 Å². The summed E-state index contributed by atoms with van der Waals surface area (Å²) in [5, 5.41) is 23.3. The number of aromatic nitrogens is 6. The van der Waals surface area contributed by atoms with Crippen molar-refractivity contribution in [1.29, 1.82) is 0 Å². The Morgan fingerprint density at radius 1 is 0.423 bits per heavy atom. The number of alkyl carbamates (subject to hydrolysis) is 2. The summed E-state index contributed by atoms with van der Waals surface area (Å²) in [7, 11) is 4.19. The molecule has 104 heavy (non-hydrogen) atoms. The molecule has 0 aliphatic heterocycles. The molecule has 0 saturated heterocycles. The maximum atomic E-state index is 13.4. The van der Waals surface area contributed by atoms with E-state index in [1.165, 1.54) is 93.9 Å². The average Bonchev–Trinajstić information content (AvgIpc) is 0.790. The van der Waals surface area contributed by atoms with Crippen LogP contribution in [0.5, 0.6) is 17.2 Å². The Labute approximate surface area is 597 Å². The molecule has 3 aromatic heterocycles. The van der Waals surface area contributed by atoms with E-state index in [-0.39, 0.29) is 56.0 Å². The molecule has 27 nitrogen and oxygen atoms in total. The highest BCUT2D eigenvalue weighted by atomic mass is 19.1. The largest absolute Gasteiger partial charge is 0.501 e. The highest BCUT2D eigenvalue weighted by Crippen LogP contribution is 2.27. The Morgan fingerprint density at radius 2 is 0.712 bits per heavy atom. The van der Waals surface area contributed by atoms with Crippen molar-refractivity contribution in [3.05, 3.63) is 244 Å². The Kier molecular flexibility index (Phi) is 26.7. The van der Waals surface area contributed by atoms with E-state index < -0.39 is 132 Å². The van der Waals surface area contributed by atoms with E-state index in [9.17, 15) is 66.2 Å². The first kappa shape index (κ1) is 81.1. The number of amides is 5. The number of rotatable bonds is 20. The van der Waals surface area contributed by atoms with E-state index in [2.05, 4.69) is 41.5 Å². The van der Waals surface area contributed by atoms with Gasteiger partial charge in [-0.25, -0.2) is 37.7 Å². The van der Waals surface area contributed by atoms with Crippen LogP contribution in [0.3, 0.4) is 0 Å². The minimum absolute atomic E-state index is 0.00848. The summed E-state index contributed by atoms with van der Waals surface area (Å²) in [5.74, 6) is -6.66. The molecular formula is C74H85F3N12O15. The Balaban J connectivity index is 0.000000248.